The molecule has 2 aromatic rings. The van der Waals surface area contributed by atoms with E-state index >= 15 is 0 Å². The molecule has 21 heavy (non-hydrogen) atoms. The minimum Gasteiger partial charge on any atom is -0.307 e. The lowest BCUT2D eigenvalue weighted by Crippen LogP contribution is -2.17. The fraction of sp³-hybridized carbons (Fsp3) is 0.231. The third-order valence-corrected chi connectivity index (χ3v) is 2.88. The van der Waals surface area contributed by atoms with Crippen molar-refractivity contribution in [2.24, 2.45) is 0 Å². The Balaban J connectivity index is 2.31. The minimum atomic E-state index is -4.65. The van der Waals surface area contributed by atoms with Gasteiger partial charge in [-0.15, -0.1) is 0 Å². The van der Waals surface area contributed by atoms with Crippen LogP contribution in [0.5, 0.6) is 0 Å². The molecule has 1 heterocycles. The number of hydrogen-bond donors (Lipinski definition) is 2. The predicted molar refractivity (Wildman–Crippen MR) is 67.3 cm³/mol. The highest BCUT2D eigenvalue weighted by atomic mass is 19.4. The summed E-state index contributed by atoms with van der Waals surface area (Å²) in [7, 11) is 0. The highest BCUT2D eigenvalue weighted by Gasteiger charge is 2.32. The largest absolute Gasteiger partial charge is 0.416 e. The molecule has 1 aromatic heterocycles. The Morgan fingerprint density at radius 3 is 2.71 bits per heavy atom. The van der Waals surface area contributed by atoms with Crippen LogP contribution in [0.4, 0.5) is 23.4 Å². The molecule has 0 spiro atoms. The Kier molecular flexibility index (Phi) is 3.97. The van der Waals surface area contributed by atoms with E-state index in [4.69, 9.17) is 0 Å². The van der Waals surface area contributed by atoms with Crippen LogP contribution in [0, 0.1) is 5.82 Å². The van der Waals surface area contributed by atoms with E-state index in [9.17, 15) is 22.4 Å². The summed E-state index contributed by atoms with van der Waals surface area (Å²) < 4.78 is 51.3. The topological polar surface area (TPSA) is 57.8 Å². The van der Waals surface area contributed by atoms with E-state index < -0.39 is 29.0 Å². The first-order valence-electron chi connectivity index (χ1n) is 6.03. The quantitative estimate of drug-likeness (QED) is 0.854. The van der Waals surface area contributed by atoms with E-state index in [-0.39, 0.29) is 5.82 Å². The molecule has 0 aliphatic rings. The van der Waals surface area contributed by atoms with Gasteiger partial charge in [-0.1, -0.05) is 6.92 Å². The van der Waals surface area contributed by atoms with Gasteiger partial charge >= 0.3 is 6.18 Å². The van der Waals surface area contributed by atoms with Crippen molar-refractivity contribution in [3.8, 4) is 0 Å². The molecule has 0 aliphatic carbocycles. The maximum atomic E-state index is 13.6. The summed E-state index contributed by atoms with van der Waals surface area (Å²) in [5.41, 5.74) is -1.11. The molecule has 8 heteroatoms. The van der Waals surface area contributed by atoms with Gasteiger partial charge in [0.25, 0.3) is 5.91 Å². The number of aromatic nitrogens is 2. The molecule has 0 saturated heterocycles. The number of carbonyl (C=O) groups excluding carboxylic acids is 1. The number of H-pyrrole nitrogens is 1. The van der Waals surface area contributed by atoms with Gasteiger partial charge < -0.3 is 5.32 Å². The third kappa shape index (κ3) is 3.21. The van der Waals surface area contributed by atoms with Gasteiger partial charge in [0, 0.05) is 5.56 Å². The number of aryl methyl sites for hydroxylation is 1. The lowest BCUT2D eigenvalue weighted by atomic mass is 10.1. The number of anilines is 1. The number of carbonyl (C=O) groups is 1. The average Bonchev–Trinajstić information content (AvgIpc) is 2.84. The minimum absolute atomic E-state index is 0.235. The number of rotatable bonds is 3. The molecule has 0 fully saturated rings. The van der Waals surface area contributed by atoms with Crippen LogP contribution in [0.15, 0.2) is 24.4 Å². The maximum absolute atomic E-state index is 13.6. The monoisotopic (exact) mass is 301 g/mol. The number of hydrogen-bond acceptors (Lipinski definition) is 2. The van der Waals surface area contributed by atoms with Crippen LogP contribution in [0.3, 0.4) is 0 Å². The lowest BCUT2D eigenvalue weighted by molar-refractivity contribution is -0.137. The second-order valence-corrected chi connectivity index (χ2v) is 4.27. The van der Waals surface area contributed by atoms with Crippen molar-refractivity contribution in [1.29, 1.82) is 0 Å². The van der Waals surface area contributed by atoms with Crippen LogP contribution in [-0.4, -0.2) is 16.1 Å². The predicted octanol–water partition coefficient (Wildman–Crippen LogP) is 3.38. The van der Waals surface area contributed by atoms with Crippen molar-refractivity contribution in [2.45, 2.75) is 19.5 Å². The van der Waals surface area contributed by atoms with Crippen molar-refractivity contribution in [2.75, 3.05) is 5.32 Å². The lowest BCUT2D eigenvalue weighted by Gasteiger charge is -2.10. The molecule has 0 saturated carbocycles. The number of alkyl halides is 3. The Hall–Kier alpha value is -2.38. The molecule has 0 bridgehead atoms. The highest BCUT2D eigenvalue weighted by molar-refractivity contribution is 6.04. The van der Waals surface area contributed by atoms with Crippen molar-refractivity contribution in [1.82, 2.24) is 10.2 Å². The van der Waals surface area contributed by atoms with Crippen molar-refractivity contribution >= 4 is 11.7 Å². The molecule has 0 radical (unpaired) electrons. The molecule has 2 N–H and O–H groups in total. The first-order valence-corrected chi connectivity index (χ1v) is 6.03. The molecule has 1 aromatic carbocycles. The third-order valence-electron chi connectivity index (χ3n) is 2.88. The zero-order chi connectivity index (χ0) is 15.6. The van der Waals surface area contributed by atoms with E-state index in [2.05, 4.69) is 15.5 Å². The fourth-order valence-corrected chi connectivity index (χ4v) is 1.74. The second-order valence-electron chi connectivity index (χ2n) is 4.27. The summed E-state index contributed by atoms with van der Waals surface area (Å²) in [5, 5.41) is 8.51. The molecule has 0 unspecified atom stereocenters. The van der Waals surface area contributed by atoms with Crippen LogP contribution < -0.4 is 5.32 Å². The number of halogens is 4. The molecular formula is C13H11F4N3O. The summed E-state index contributed by atoms with van der Waals surface area (Å²) >= 11 is 0. The average molecular weight is 301 g/mol. The second kappa shape index (κ2) is 5.55. The van der Waals surface area contributed by atoms with Gasteiger partial charge in [-0.3, -0.25) is 9.89 Å². The highest BCUT2D eigenvalue weighted by Crippen LogP contribution is 2.30. The zero-order valence-corrected chi connectivity index (χ0v) is 10.9. The van der Waals surface area contributed by atoms with E-state index in [1.165, 1.54) is 6.20 Å². The van der Waals surface area contributed by atoms with Gasteiger partial charge in [0.1, 0.15) is 11.6 Å². The van der Waals surface area contributed by atoms with Crippen molar-refractivity contribution in [3.05, 3.63) is 46.9 Å². The van der Waals surface area contributed by atoms with E-state index in [0.29, 0.717) is 30.2 Å². The molecule has 0 aliphatic heterocycles. The Morgan fingerprint density at radius 1 is 1.38 bits per heavy atom. The summed E-state index contributed by atoms with van der Waals surface area (Å²) in [4.78, 5) is 11.9. The SMILES string of the molecule is CCc1cn[nH]c1NC(=O)c1cc(C(F)(F)F)ccc1F. The van der Waals surface area contributed by atoms with Gasteiger partial charge in [0.15, 0.2) is 0 Å². The van der Waals surface area contributed by atoms with E-state index in [0.717, 1.165) is 0 Å². The summed E-state index contributed by atoms with van der Waals surface area (Å²) in [6.45, 7) is 1.81. The zero-order valence-electron chi connectivity index (χ0n) is 10.9. The van der Waals surface area contributed by atoms with Gasteiger partial charge in [-0.05, 0) is 24.6 Å². The maximum Gasteiger partial charge on any atom is 0.416 e. The smallest absolute Gasteiger partial charge is 0.307 e. The van der Waals surface area contributed by atoms with Gasteiger partial charge in [-0.2, -0.15) is 18.3 Å². The number of aromatic amines is 1. The molecule has 2 rings (SSSR count). The summed E-state index contributed by atoms with van der Waals surface area (Å²) in [6, 6.07) is 1.68. The molecule has 0 atom stereocenters. The Bertz CT molecular complexity index is 664. The van der Waals surface area contributed by atoms with Gasteiger partial charge in [0.05, 0.1) is 17.3 Å². The molecule has 112 valence electrons. The van der Waals surface area contributed by atoms with E-state index in [1.54, 1.807) is 0 Å². The number of nitrogens with one attached hydrogen (secondary N) is 2. The Labute approximate surface area is 117 Å². The number of benzene rings is 1. The van der Waals surface area contributed by atoms with Gasteiger partial charge in [-0.25, -0.2) is 4.39 Å². The van der Waals surface area contributed by atoms with Crippen molar-refractivity contribution in [3.63, 3.8) is 0 Å². The molecule has 1 amide bonds. The van der Waals surface area contributed by atoms with Gasteiger partial charge in [0.2, 0.25) is 0 Å². The summed E-state index contributed by atoms with van der Waals surface area (Å²) in [5.74, 6) is -1.77. The number of amides is 1. The normalized spacial score (nSPS) is 11.5. The van der Waals surface area contributed by atoms with Crippen LogP contribution in [-0.2, 0) is 12.6 Å². The first kappa shape index (κ1) is 15.0. The first-order chi connectivity index (χ1) is 9.82. The standard InChI is InChI=1S/C13H11F4N3O/c1-2-7-6-18-20-11(7)19-12(21)9-5-8(13(15,16)17)3-4-10(9)14/h3-6H,2H2,1H3,(H2,18,19,20,21). The fourth-order valence-electron chi connectivity index (χ4n) is 1.74. The van der Waals surface area contributed by atoms with E-state index in [1.807, 2.05) is 6.92 Å². The molecular weight excluding hydrogens is 290 g/mol. The van der Waals surface area contributed by atoms with Crippen LogP contribution >= 0.6 is 0 Å². The van der Waals surface area contributed by atoms with Crippen LogP contribution in [0.25, 0.3) is 0 Å². The molecule has 4 nitrogen and oxygen atoms in total. The van der Waals surface area contributed by atoms with Crippen LogP contribution in [0.2, 0.25) is 0 Å². The van der Waals surface area contributed by atoms with Crippen LogP contribution in [0.1, 0.15) is 28.4 Å². The number of nitrogens with zero attached hydrogens (tertiary/aromatic N) is 1. The van der Waals surface area contributed by atoms with Crippen molar-refractivity contribution < 1.29 is 22.4 Å². The summed E-state index contributed by atoms with van der Waals surface area (Å²) in [6.07, 6.45) is -2.62. The Morgan fingerprint density at radius 2 is 2.10 bits per heavy atom.